The van der Waals surface area contributed by atoms with Crippen LogP contribution >= 0.6 is 0 Å². The number of aliphatic imine (C=N–C) groups is 2. The Balaban J connectivity index is 3.60. The number of nitrogens with zero attached hydrogens (tertiary/aromatic N) is 2. The number of hydrogen-bond acceptors (Lipinski definition) is 2. The highest BCUT2D eigenvalue weighted by atomic mass is 14.8. The van der Waals surface area contributed by atoms with Crippen LogP contribution in [0.25, 0.3) is 0 Å². The van der Waals surface area contributed by atoms with Crippen molar-refractivity contribution in [3.63, 3.8) is 0 Å². The van der Waals surface area contributed by atoms with Crippen molar-refractivity contribution >= 4 is 12.4 Å². The van der Waals surface area contributed by atoms with Gasteiger partial charge < -0.3 is 0 Å². The molecule has 0 spiro atoms. The van der Waals surface area contributed by atoms with Crippen molar-refractivity contribution in [2.24, 2.45) is 21.8 Å². The van der Waals surface area contributed by atoms with E-state index in [-0.39, 0.29) is 0 Å². The van der Waals surface area contributed by atoms with E-state index in [1.54, 1.807) is 0 Å². The third kappa shape index (κ3) is 11.3. The Kier molecular flexibility index (Phi) is 8.25. The van der Waals surface area contributed by atoms with E-state index >= 15 is 0 Å². The maximum absolute atomic E-state index is 4.44. The molecule has 0 saturated carbocycles. The monoisotopic (exact) mass is 210 g/mol. The highest BCUT2D eigenvalue weighted by Crippen LogP contribution is 1.98. The van der Waals surface area contributed by atoms with Gasteiger partial charge >= 0.3 is 0 Å². The predicted octanol–water partition coefficient (Wildman–Crippen LogP) is 3.61. The van der Waals surface area contributed by atoms with Crippen molar-refractivity contribution in [1.29, 1.82) is 0 Å². The molecular formula is C13H26N2. The van der Waals surface area contributed by atoms with Gasteiger partial charge in [0.25, 0.3) is 0 Å². The van der Waals surface area contributed by atoms with Gasteiger partial charge in [-0.3, -0.25) is 9.98 Å². The molecule has 88 valence electrons. The fourth-order valence-electron chi connectivity index (χ4n) is 1.01. The van der Waals surface area contributed by atoms with Crippen LogP contribution in [0.2, 0.25) is 0 Å². The minimum atomic E-state index is 0.326. The summed E-state index contributed by atoms with van der Waals surface area (Å²) < 4.78 is 0. The van der Waals surface area contributed by atoms with Gasteiger partial charge in [0.05, 0.1) is 12.6 Å². The number of rotatable bonds is 7. The molecular weight excluding hydrogens is 184 g/mol. The van der Waals surface area contributed by atoms with Crippen molar-refractivity contribution in [2.75, 3.05) is 6.54 Å². The van der Waals surface area contributed by atoms with E-state index in [9.17, 15) is 0 Å². The summed E-state index contributed by atoms with van der Waals surface area (Å²) in [5, 5.41) is 0. The molecule has 0 amide bonds. The molecule has 0 N–H and O–H groups in total. The summed E-state index contributed by atoms with van der Waals surface area (Å²) >= 11 is 0. The second kappa shape index (κ2) is 8.63. The Labute approximate surface area is 94.9 Å². The topological polar surface area (TPSA) is 24.7 Å². The first-order valence-electron chi connectivity index (χ1n) is 6.02. The zero-order valence-electron chi connectivity index (χ0n) is 10.9. The largest absolute Gasteiger partial charge is 0.295 e. The van der Waals surface area contributed by atoms with E-state index in [2.05, 4.69) is 44.6 Å². The molecule has 1 unspecified atom stereocenters. The van der Waals surface area contributed by atoms with Gasteiger partial charge in [0.1, 0.15) is 0 Å². The summed E-state index contributed by atoms with van der Waals surface area (Å²) in [5.41, 5.74) is 0. The van der Waals surface area contributed by atoms with Crippen molar-refractivity contribution < 1.29 is 0 Å². The number of hydrogen-bond donors (Lipinski definition) is 0. The van der Waals surface area contributed by atoms with Gasteiger partial charge in [-0.15, -0.1) is 0 Å². The Morgan fingerprint density at radius 2 is 1.40 bits per heavy atom. The predicted molar refractivity (Wildman–Crippen MR) is 70.2 cm³/mol. The lowest BCUT2D eigenvalue weighted by molar-refractivity contribution is 0.677. The van der Waals surface area contributed by atoms with Crippen LogP contribution < -0.4 is 0 Å². The second-order valence-corrected chi connectivity index (χ2v) is 4.99. The van der Waals surface area contributed by atoms with Gasteiger partial charge in [-0.1, -0.05) is 27.7 Å². The molecule has 0 aliphatic rings. The fraction of sp³-hybridized carbons (Fsp3) is 0.846. The van der Waals surface area contributed by atoms with Crippen LogP contribution in [-0.4, -0.2) is 25.0 Å². The smallest absolute Gasteiger partial charge is 0.0662 e. The van der Waals surface area contributed by atoms with Gasteiger partial charge in [-0.25, -0.2) is 0 Å². The molecule has 0 fully saturated rings. The van der Waals surface area contributed by atoms with Crippen LogP contribution in [0, 0.1) is 11.8 Å². The highest BCUT2D eigenvalue weighted by molar-refractivity contribution is 5.58. The first-order valence-corrected chi connectivity index (χ1v) is 6.02. The Morgan fingerprint density at radius 3 is 1.93 bits per heavy atom. The average Bonchev–Trinajstić information content (AvgIpc) is 2.11. The van der Waals surface area contributed by atoms with E-state index in [0.29, 0.717) is 17.9 Å². The Bertz CT molecular complexity index is 193. The van der Waals surface area contributed by atoms with Gasteiger partial charge in [0.15, 0.2) is 0 Å². The molecule has 0 aromatic carbocycles. The summed E-state index contributed by atoms with van der Waals surface area (Å²) in [4.78, 5) is 8.81. The summed E-state index contributed by atoms with van der Waals surface area (Å²) in [6.07, 6.45) is 6.20. The molecule has 0 heterocycles. The second-order valence-electron chi connectivity index (χ2n) is 4.99. The molecule has 0 aliphatic carbocycles. The zero-order valence-corrected chi connectivity index (χ0v) is 10.9. The minimum Gasteiger partial charge on any atom is -0.295 e. The normalized spacial score (nSPS) is 14.9. The van der Waals surface area contributed by atoms with Crippen LogP contribution in [0.4, 0.5) is 0 Å². The van der Waals surface area contributed by atoms with Crippen LogP contribution in [0.3, 0.4) is 0 Å². The molecule has 0 aromatic rings. The van der Waals surface area contributed by atoms with Crippen LogP contribution in [0.5, 0.6) is 0 Å². The van der Waals surface area contributed by atoms with E-state index in [0.717, 1.165) is 19.4 Å². The molecule has 0 rings (SSSR count). The summed E-state index contributed by atoms with van der Waals surface area (Å²) in [5.74, 6) is 1.40. The van der Waals surface area contributed by atoms with Crippen molar-refractivity contribution in [3.8, 4) is 0 Å². The quantitative estimate of drug-likeness (QED) is 0.573. The first-order chi connectivity index (χ1) is 7.02. The van der Waals surface area contributed by atoms with E-state index in [1.165, 1.54) is 0 Å². The maximum atomic E-state index is 4.44. The van der Waals surface area contributed by atoms with Crippen molar-refractivity contribution in [1.82, 2.24) is 0 Å². The van der Waals surface area contributed by atoms with Crippen LogP contribution in [0.1, 0.15) is 47.5 Å². The summed E-state index contributed by atoms with van der Waals surface area (Å²) in [7, 11) is 0. The molecule has 2 heteroatoms. The van der Waals surface area contributed by atoms with Gasteiger partial charge in [-0.2, -0.15) is 0 Å². The van der Waals surface area contributed by atoms with Gasteiger partial charge in [0.2, 0.25) is 0 Å². The SMILES string of the molecule is CC(C)CC=NCC(C)N=CCC(C)C. The lowest BCUT2D eigenvalue weighted by Gasteiger charge is -2.03. The van der Waals surface area contributed by atoms with E-state index in [1.807, 2.05) is 12.4 Å². The maximum Gasteiger partial charge on any atom is 0.0662 e. The molecule has 0 radical (unpaired) electrons. The minimum absolute atomic E-state index is 0.326. The van der Waals surface area contributed by atoms with Gasteiger partial charge in [0, 0.05) is 0 Å². The fourth-order valence-corrected chi connectivity index (χ4v) is 1.01. The Morgan fingerprint density at radius 1 is 0.867 bits per heavy atom. The molecule has 0 aliphatic heterocycles. The first kappa shape index (κ1) is 14.3. The lowest BCUT2D eigenvalue weighted by atomic mass is 10.1. The lowest BCUT2D eigenvalue weighted by Crippen LogP contribution is -2.04. The Hall–Kier alpha value is -0.660. The third-order valence-electron chi connectivity index (χ3n) is 2.01. The standard InChI is InChI=1S/C13H26N2/c1-11(2)6-8-14-10-13(5)15-9-7-12(3)4/h8-9,11-13H,6-7,10H2,1-5H3. The highest BCUT2D eigenvalue weighted by Gasteiger charge is 1.95. The summed E-state index contributed by atoms with van der Waals surface area (Å²) in [6, 6.07) is 0.326. The molecule has 1 atom stereocenters. The van der Waals surface area contributed by atoms with E-state index in [4.69, 9.17) is 0 Å². The molecule has 2 nitrogen and oxygen atoms in total. The van der Waals surface area contributed by atoms with Crippen molar-refractivity contribution in [2.45, 2.75) is 53.5 Å². The van der Waals surface area contributed by atoms with Crippen molar-refractivity contribution in [3.05, 3.63) is 0 Å². The van der Waals surface area contributed by atoms with Gasteiger partial charge in [-0.05, 0) is 44.0 Å². The van der Waals surface area contributed by atoms with Crippen LogP contribution in [0.15, 0.2) is 9.98 Å². The van der Waals surface area contributed by atoms with E-state index < -0.39 is 0 Å². The molecule has 0 bridgehead atoms. The zero-order chi connectivity index (χ0) is 11.7. The van der Waals surface area contributed by atoms with Crippen LogP contribution in [-0.2, 0) is 0 Å². The average molecular weight is 210 g/mol. The molecule has 15 heavy (non-hydrogen) atoms. The third-order valence-corrected chi connectivity index (χ3v) is 2.01. The summed E-state index contributed by atoms with van der Waals surface area (Å²) in [6.45, 7) is 11.8. The molecule has 0 aromatic heterocycles. The molecule has 0 saturated heterocycles.